The summed E-state index contributed by atoms with van der Waals surface area (Å²) in [7, 11) is 1.89. The van der Waals surface area contributed by atoms with Gasteiger partial charge in [-0.1, -0.05) is 11.6 Å². The Morgan fingerprint density at radius 2 is 2.06 bits per heavy atom. The topological polar surface area (TPSA) is 55.1 Å². The summed E-state index contributed by atoms with van der Waals surface area (Å²) in [6.45, 7) is 0. The van der Waals surface area contributed by atoms with Gasteiger partial charge in [0, 0.05) is 30.3 Å². The number of benzene rings is 1. The Balaban J connectivity index is 2.23. The number of hydrogen-bond acceptors (Lipinski definition) is 2. The summed E-state index contributed by atoms with van der Waals surface area (Å²) in [6.07, 6.45) is 2.39. The van der Waals surface area contributed by atoms with Crippen molar-refractivity contribution in [3.05, 3.63) is 41.2 Å². The summed E-state index contributed by atoms with van der Waals surface area (Å²) in [5, 5.41) is 9.33. The molecular formula is C13H13ClN2O2. The largest absolute Gasteiger partial charge is 0.481 e. The molecule has 0 unspecified atom stereocenters. The number of carboxylic acids is 1. The quantitative estimate of drug-likeness (QED) is 0.924. The smallest absolute Gasteiger partial charge is 0.303 e. The van der Waals surface area contributed by atoms with Crippen LogP contribution in [0.15, 0.2) is 30.5 Å². The number of aryl methyl sites for hydroxylation is 2. The van der Waals surface area contributed by atoms with E-state index < -0.39 is 5.97 Å². The molecule has 0 aliphatic rings. The van der Waals surface area contributed by atoms with Crippen LogP contribution in [0.4, 0.5) is 0 Å². The van der Waals surface area contributed by atoms with Crippen LogP contribution >= 0.6 is 11.6 Å². The normalized spacial score (nSPS) is 10.6. The molecule has 2 rings (SSSR count). The van der Waals surface area contributed by atoms with Crippen LogP contribution in [0.1, 0.15) is 12.1 Å². The SMILES string of the molecule is Cn1cc(CCC(=O)O)nc1-c1ccc(Cl)cc1. The van der Waals surface area contributed by atoms with Gasteiger partial charge in [-0.05, 0) is 24.3 Å². The molecule has 0 spiro atoms. The van der Waals surface area contributed by atoms with Crippen molar-refractivity contribution in [1.29, 1.82) is 0 Å². The van der Waals surface area contributed by atoms with E-state index in [0.29, 0.717) is 11.4 Å². The van der Waals surface area contributed by atoms with Crippen LogP contribution in [0.2, 0.25) is 5.02 Å². The molecule has 0 fully saturated rings. The standard InChI is InChI=1S/C13H13ClN2O2/c1-16-8-11(6-7-12(17)18)15-13(16)9-2-4-10(14)5-3-9/h2-5,8H,6-7H2,1H3,(H,17,18). The Hall–Kier alpha value is -1.81. The number of aliphatic carboxylic acids is 1. The lowest BCUT2D eigenvalue weighted by molar-refractivity contribution is -0.136. The third-order valence-corrected chi connectivity index (χ3v) is 2.88. The van der Waals surface area contributed by atoms with Crippen LogP contribution in [-0.4, -0.2) is 20.6 Å². The van der Waals surface area contributed by atoms with Gasteiger partial charge in [-0.15, -0.1) is 0 Å². The van der Waals surface area contributed by atoms with E-state index in [9.17, 15) is 4.79 Å². The second-order valence-electron chi connectivity index (χ2n) is 4.07. The molecule has 0 radical (unpaired) electrons. The molecule has 0 aliphatic heterocycles. The molecule has 4 nitrogen and oxygen atoms in total. The first-order valence-electron chi connectivity index (χ1n) is 5.56. The van der Waals surface area contributed by atoms with Crippen molar-refractivity contribution in [1.82, 2.24) is 9.55 Å². The Morgan fingerprint density at radius 1 is 1.39 bits per heavy atom. The van der Waals surface area contributed by atoms with E-state index in [1.165, 1.54) is 0 Å². The van der Waals surface area contributed by atoms with Gasteiger partial charge in [-0.2, -0.15) is 0 Å². The maximum Gasteiger partial charge on any atom is 0.303 e. The fourth-order valence-corrected chi connectivity index (χ4v) is 1.88. The molecule has 2 aromatic rings. The predicted molar refractivity (Wildman–Crippen MR) is 69.6 cm³/mol. The summed E-state index contributed by atoms with van der Waals surface area (Å²) < 4.78 is 1.89. The average molecular weight is 265 g/mol. The lowest BCUT2D eigenvalue weighted by Crippen LogP contribution is -1.97. The van der Waals surface area contributed by atoms with Gasteiger partial charge in [0.1, 0.15) is 5.82 Å². The maximum absolute atomic E-state index is 10.5. The maximum atomic E-state index is 10.5. The van der Waals surface area contributed by atoms with Crippen LogP contribution in [-0.2, 0) is 18.3 Å². The zero-order chi connectivity index (χ0) is 13.1. The van der Waals surface area contributed by atoms with Crippen molar-refractivity contribution in [2.45, 2.75) is 12.8 Å². The number of nitrogens with zero attached hydrogens (tertiary/aromatic N) is 2. The number of hydrogen-bond donors (Lipinski definition) is 1. The molecule has 1 aromatic heterocycles. The third-order valence-electron chi connectivity index (χ3n) is 2.62. The molecule has 0 bridgehead atoms. The van der Waals surface area contributed by atoms with Crippen LogP contribution in [0.5, 0.6) is 0 Å². The Morgan fingerprint density at radius 3 is 2.67 bits per heavy atom. The molecule has 94 valence electrons. The van der Waals surface area contributed by atoms with Crippen molar-refractivity contribution in [2.75, 3.05) is 0 Å². The van der Waals surface area contributed by atoms with Gasteiger partial charge in [0.2, 0.25) is 0 Å². The highest BCUT2D eigenvalue weighted by atomic mass is 35.5. The van der Waals surface area contributed by atoms with E-state index in [1.54, 1.807) is 0 Å². The fourth-order valence-electron chi connectivity index (χ4n) is 1.75. The highest BCUT2D eigenvalue weighted by molar-refractivity contribution is 6.30. The number of carboxylic acid groups (broad SMARTS) is 1. The minimum Gasteiger partial charge on any atom is -0.481 e. The molecule has 1 aromatic carbocycles. The van der Waals surface area contributed by atoms with Crippen molar-refractivity contribution >= 4 is 17.6 Å². The van der Waals surface area contributed by atoms with Gasteiger partial charge < -0.3 is 9.67 Å². The summed E-state index contributed by atoms with van der Waals surface area (Å²) in [5.74, 6) is 0.000696. The van der Waals surface area contributed by atoms with E-state index in [4.69, 9.17) is 16.7 Å². The van der Waals surface area contributed by atoms with Gasteiger partial charge in [0.15, 0.2) is 0 Å². The predicted octanol–water partition coefficient (Wildman–Crippen LogP) is 2.76. The highest BCUT2D eigenvalue weighted by Crippen LogP contribution is 2.20. The number of carbonyl (C=O) groups is 1. The molecule has 0 saturated carbocycles. The van der Waals surface area contributed by atoms with Gasteiger partial charge in [0.05, 0.1) is 12.1 Å². The van der Waals surface area contributed by atoms with E-state index in [2.05, 4.69) is 4.98 Å². The number of halogens is 1. The Bertz CT molecular complexity index is 561. The first-order chi connectivity index (χ1) is 8.56. The van der Waals surface area contributed by atoms with Crippen LogP contribution < -0.4 is 0 Å². The van der Waals surface area contributed by atoms with Gasteiger partial charge in [-0.25, -0.2) is 4.98 Å². The van der Waals surface area contributed by atoms with E-state index in [-0.39, 0.29) is 6.42 Å². The fraction of sp³-hybridized carbons (Fsp3) is 0.231. The second-order valence-corrected chi connectivity index (χ2v) is 4.50. The second kappa shape index (κ2) is 5.23. The lowest BCUT2D eigenvalue weighted by atomic mass is 10.2. The zero-order valence-corrected chi connectivity index (χ0v) is 10.7. The van der Waals surface area contributed by atoms with Gasteiger partial charge in [-0.3, -0.25) is 4.79 Å². The van der Waals surface area contributed by atoms with Crippen LogP contribution in [0.3, 0.4) is 0 Å². The van der Waals surface area contributed by atoms with Crippen molar-refractivity contribution < 1.29 is 9.90 Å². The molecule has 1 N–H and O–H groups in total. The summed E-state index contributed by atoms with van der Waals surface area (Å²) in [4.78, 5) is 15.0. The molecule has 0 aliphatic carbocycles. The van der Waals surface area contributed by atoms with Gasteiger partial charge in [0.25, 0.3) is 0 Å². The summed E-state index contributed by atoms with van der Waals surface area (Å²) in [5.41, 5.74) is 1.74. The van der Waals surface area contributed by atoms with Crippen LogP contribution in [0.25, 0.3) is 11.4 Å². The molecule has 0 saturated heterocycles. The summed E-state index contributed by atoms with van der Waals surface area (Å²) in [6, 6.07) is 7.41. The number of rotatable bonds is 4. The van der Waals surface area contributed by atoms with E-state index in [1.807, 2.05) is 42.1 Å². The van der Waals surface area contributed by atoms with E-state index >= 15 is 0 Å². The average Bonchev–Trinajstić information content (AvgIpc) is 2.69. The molecular weight excluding hydrogens is 252 g/mol. The molecule has 5 heteroatoms. The van der Waals surface area contributed by atoms with E-state index in [0.717, 1.165) is 17.1 Å². The van der Waals surface area contributed by atoms with Crippen molar-refractivity contribution in [2.24, 2.45) is 7.05 Å². The molecule has 0 atom stereocenters. The molecule has 0 amide bonds. The first-order valence-corrected chi connectivity index (χ1v) is 5.94. The number of imidazole rings is 1. The Kier molecular flexibility index (Phi) is 3.67. The lowest BCUT2D eigenvalue weighted by Gasteiger charge is -2.00. The van der Waals surface area contributed by atoms with Crippen molar-refractivity contribution in [3.8, 4) is 11.4 Å². The third kappa shape index (κ3) is 2.90. The monoisotopic (exact) mass is 264 g/mol. The Labute approximate surface area is 110 Å². The van der Waals surface area contributed by atoms with Gasteiger partial charge >= 0.3 is 5.97 Å². The molecule has 18 heavy (non-hydrogen) atoms. The minimum atomic E-state index is -0.811. The van der Waals surface area contributed by atoms with Crippen LogP contribution in [0, 0.1) is 0 Å². The van der Waals surface area contributed by atoms with Crippen molar-refractivity contribution in [3.63, 3.8) is 0 Å². The minimum absolute atomic E-state index is 0.0943. The number of aromatic nitrogens is 2. The highest BCUT2D eigenvalue weighted by Gasteiger charge is 2.08. The first kappa shape index (κ1) is 12.6. The molecule has 1 heterocycles. The summed E-state index contributed by atoms with van der Waals surface area (Å²) >= 11 is 5.84. The zero-order valence-electron chi connectivity index (χ0n) is 9.93.